The van der Waals surface area contributed by atoms with E-state index >= 15 is 0 Å². The normalized spacial score (nSPS) is 21.9. The Bertz CT molecular complexity index is 196. The summed E-state index contributed by atoms with van der Waals surface area (Å²) >= 11 is 0. The molecule has 0 aromatic heterocycles. The molecule has 0 aromatic rings. The predicted octanol–water partition coefficient (Wildman–Crippen LogP) is 1.23. The summed E-state index contributed by atoms with van der Waals surface area (Å²) in [6, 6.07) is 0. The first-order valence-corrected chi connectivity index (χ1v) is 9.20. The Morgan fingerprint density at radius 3 is 2.00 bits per heavy atom. The SMILES string of the molecule is CCCCCCCCCCC[NH+]1CCC(CCC)C1.[F-]. The molecule has 1 rings (SSSR count). The van der Waals surface area contributed by atoms with Gasteiger partial charge in [-0.2, -0.15) is 0 Å². The largest absolute Gasteiger partial charge is 1.00 e. The maximum absolute atomic E-state index is 2.33. The van der Waals surface area contributed by atoms with Crippen molar-refractivity contribution in [2.75, 3.05) is 19.6 Å². The fraction of sp³-hybridized carbons (Fsp3) is 1.00. The molecule has 122 valence electrons. The zero-order valence-electron chi connectivity index (χ0n) is 14.1. The molecule has 1 heterocycles. The highest BCUT2D eigenvalue weighted by atomic mass is 19.0. The molecule has 0 amide bonds. The summed E-state index contributed by atoms with van der Waals surface area (Å²) in [5, 5.41) is 0. The number of hydrogen-bond donors (Lipinski definition) is 1. The van der Waals surface area contributed by atoms with Crippen molar-refractivity contribution >= 4 is 0 Å². The van der Waals surface area contributed by atoms with E-state index in [1.807, 2.05) is 4.90 Å². The van der Waals surface area contributed by atoms with Gasteiger partial charge in [0.15, 0.2) is 0 Å². The fourth-order valence-corrected chi connectivity index (χ4v) is 3.59. The van der Waals surface area contributed by atoms with E-state index in [1.54, 1.807) is 0 Å². The Balaban J connectivity index is 0.00000361. The number of quaternary nitrogens is 1. The van der Waals surface area contributed by atoms with E-state index in [2.05, 4.69) is 13.8 Å². The van der Waals surface area contributed by atoms with Gasteiger partial charge in [-0.1, -0.05) is 65.2 Å². The van der Waals surface area contributed by atoms with Crippen LogP contribution in [0.1, 0.15) is 90.9 Å². The first-order valence-electron chi connectivity index (χ1n) is 9.20. The van der Waals surface area contributed by atoms with Gasteiger partial charge in [0.05, 0.1) is 19.6 Å². The van der Waals surface area contributed by atoms with Gasteiger partial charge in [0, 0.05) is 12.3 Å². The zero-order valence-corrected chi connectivity index (χ0v) is 14.1. The molecule has 1 fully saturated rings. The molecular formula is C18H38FN. The van der Waals surface area contributed by atoms with Crippen molar-refractivity contribution in [3.8, 4) is 0 Å². The quantitative estimate of drug-likeness (QED) is 0.515. The Kier molecular flexibility index (Phi) is 13.8. The third-order valence-electron chi connectivity index (χ3n) is 4.81. The highest BCUT2D eigenvalue weighted by Gasteiger charge is 2.24. The predicted molar refractivity (Wildman–Crippen MR) is 85.8 cm³/mol. The van der Waals surface area contributed by atoms with Crippen LogP contribution in [0.3, 0.4) is 0 Å². The maximum atomic E-state index is 2.33. The summed E-state index contributed by atoms with van der Waals surface area (Å²) < 4.78 is 0. The smallest absolute Gasteiger partial charge is 0.0801 e. The lowest BCUT2D eigenvalue weighted by atomic mass is 10.0. The molecule has 0 saturated carbocycles. The lowest BCUT2D eigenvalue weighted by Crippen LogP contribution is -3.10. The van der Waals surface area contributed by atoms with Gasteiger partial charge in [-0.05, 0) is 19.3 Å². The maximum Gasteiger partial charge on any atom is 0.0801 e. The Morgan fingerprint density at radius 1 is 0.800 bits per heavy atom. The van der Waals surface area contributed by atoms with Crippen LogP contribution in [0.4, 0.5) is 0 Å². The van der Waals surface area contributed by atoms with Gasteiger partial charge >= 0.3 is 0 Å². The Morgan fingerprint density at radius 2 is 1.40 bits per heavy atom. The summed E-state index contributed by atoms with van der Waals surface area (Å²) in [5.74, 6) is 1.05. The van der Waals surface area contributed by atoms with E-state index in [-0.39, 0.29) is 4.70 Å². The molecule has 1 saturated heterocycles. The van der Waals surface area contributed by atoms with Crippen LogP contribution in [0.15, 0.2) is 0 Å². The lowest BCUT2D eigenvalue weighted by molar-refractivity contribution is -0.889. The van der Waals surface area contributed by atoms with Crippen molar-refractivity contribution in [3.05, 3.63) is 0 Å². The summed E-state index contributed by atoms with van der Waals surface area (Å²) in [4.78, 5) is 1.90. The van der Waals surface area contributed by atoms with E-state index in [1.165, 1.54) is 96.7 Å². The van der Waals surface area contributed by atoms with Crippen molar-refractivity contribution < 1.29 is 9.60 Å². The topological polar surface area (TPSA) is 4.44 Å². The molecule has 0 spiro atoms. The molecule has 0 bridgehead atoms. The third-order valence-corrected chi connectivity index (χ3v) is 4.81. The summed E-state index contributed by atoms with van der Waals surface area (Å²) in [6.45, 7) is 9.02. The number of hydrogen-bond acceptors (Lipinski definition) is 0. The monoisotopic (exact) mass is 287 g/mol. The van der Waals surface area contributed by atoms with Crippen molar-refractivity contribution in [1.82, 2.24) is 0 Å². The van der Waals surface area contributed by atoms with E-state index < -0.39 is 0 Å². The first kappa shape index (κ1) is 19.9. The highest BCUT2D eigenvalue weighted by Crippen LogP contribution is 2.12. The van der Waals surface area contributed by atoms with E-state index in [9.17, 15) is 0 Å². The van der Waals surface area contributed by atoms with Crippen LogP contribution in [0.2, 0.25) is 0 Å². The number of halogens is 1. The van der Waals surface area contributed by atoms with E-state index in [0.717, 1.165) is 5.92 Å². The average Bonchev–Trinajstić information content (AvgIpc) is 2.85. The summed E-state index contributed by atoms with van der Waals surface area (Å²) in [5.41, 5.74) is 0. The minimum atomic E-state index is 0. The number of rotatable bonds is 12. The minimum Gasteiger partial charge on any atom is -1.00 e. The molecule has 0 aliphatic carbocycles. The van der Waals surface area contributed by atoms with E-state index in [0.29, 0.717) is 0 Å². The molecule has 0 aromatic carbocycles. The zero-order chi connectivity index (χ0) is 13.8. The van der Waals surface area contributed by atoms with Crippen molar-refractivity contribution in [3.63, 3.8) is 0 Å². The Labute approximate surface area is 126 Å². The van der Waals surface area contributed by atoms with E-state index in [4.69, 9.17) is 0 Å². The minimum absolute atomic E-state index is 0. The van der Waals surface area contributed by atoms with Crippen LogP contribution in [0, 0.1) is 5.92 Å². The van der Waals surface area contributed by atoms with Gasteiger partial charge in [-0.15, -0.1) is 0 Å². The second-order valence-corrected chi connectivity index (χ2v) is 6.73. The summed E-state index contributed by atoms with van der Waals surface area (Å²) in [7, 11) is 0. The van der Waals surface area contributed by atoms with Crippen LogP contribution >= 0.6 is 0 Å². The molecule has 1 aliphatic heterocycles. The van der Waals surface area contributed by atoms with Gasteiger partial charge in [0.25, 0.3) is 0 Å². The van der Waals surface area contributed by atoms with Crippen LogP contribution in [-0.4, -0.2) is 19.6 Å². The second kappa shape index (κ2) is 13.9. The van der Waals surface area contributed by atoms with Crippen molar-refractivity contribution in [1.29, 1.82) is 0 Å². The molecule has 20 heavy (non-hydrogen) atoms. The third kappa shape index (κ3) is 9.74. The number of unbranched alkanes of at least 4 members (excludes halogenated alkanes) is 8. The highest BCUT2D eigenvalue weighted by molar-refractivity contribution is 4.61. The second-order valence-electron chi connectivity index (χ2n) is 6.73. The van der Waals surface area contributed by atoms with Crippen LogP contribution < -0.4 is 9.60 Å². The van der Waals surface area contributed by atoms with Gasteiger partial charge in [-0.3, -0.25) is 0 Å². The molecule has 1 aliphatic rings. The average molecular weight is 288 g/mol. The molecular weight excluding hydrogens is 249 g/mol. The molecule has 2 heteroatoms. The van der Waals surface area contributed by atoms with Crippen molar-refractivity contribution in [2.45, 2.75) is 90.9 Å². The van der Waals surface area contributed by atoms with Gasteiger partial charge in [-0.25, -0.2) is 0 Å². The molecule has 1 N–H and O–H groups in total. The van der Waals surface area contributed by atoms with Crippen LogP contribution in [-0.2, 0) is 0 Å². The van der Waals surface area contributed by atoms with Crippen molar-refractivity contribution in [2.24, 2.45) is 5.92 Å². The standard InChI is InChI=1S/C18H37N.FH/c1-3-5-6-7-8-9-10-11-12-15-19-16-14-18(17-19)13-4-2;/h18H,3-17H2,1-2H3;1H. The van der Waals surface area contributed by atoms with Crippen LogP contribution in [0.5, 0.6) is 0 Å². The molecule has 2 unspecified atom stereocenters. The number of likely N-dealkylation sites (tertiary alicyclic amines) is 1. The fourth-order valence-electron chi connectivity index (χ4n) is 3.59. The lowest BCUT2D eigenvalue weighted by Gasteiger charge is -2.13. The van der Waals surface area contributed by atoms with Gasteiger partial charge in [0.2, 0.25) is 0 Å². The van der Waals surface area contributed by atoms with Gasteiger partial charge < -0.3 is 9.60 Å². The first-order chi connectivity index (χ1) is 9.36. The van der Waals surface area contributed by atoms with Crippen LogP contribution in [0.25, 0.3) is 0 Å². The van der Waals surface area contributed by atoms with Gasteiger partial charge in [0.1, 0.15) is 0 Å². The summed E-state index contributed by atoms with van der Waals surface area (Å²) in [6.07, 6.45) is 17.5. The molecule has 0 radical (unpaired) electrons. The number of nitrogens with one attached hydrogen (secondary N) is 1. The molecule has 1 nitrogen and oxygen atoms in total. The molecule has 2 atom stereocenters. The Hall–Kier alpha value is -0.110.